The number of nitrogens with two attached hydrogens (primary N) is 1. The van der Waals surface area contributed by atoms with E-state index in [9.17, 15) is 14.9 Å². The summed E-state index contributed by atoms with van der Waals surface area (Å²) in [5.41, 5.74) is 5.00. The van der Waals surface area contributed by atoms with E-state index in [4.69, 9.17) is 5.73 Å². The summed E-state index contributed by atoms with van der Waals surface area (Å²) < 4.78 is 4.58. The number of nitro groups is 1. The summed E-state index contributed by atoms with van der Waals surface area (Å²) in [6, 6.07) is 1.81. The van der Waals surface area contributed by atoms with E-state index in [2.05, 4.69) is 19.9 Å². The van der Waals surface area contributed by atoms with E-state index in [0.29, 0.717) is 11.5 Å². The quantitative estimate of drug-likeness (QED) is 0.587. The molecule has 10 nitrogen and oxygen atoms in total. The van der Waals surface area contributed by atoms with Crippen molar-refractivity contribution in [1.29, 1.82) is 0 Å². The smallest absolute Gasteiger partial charge is 0.405 e. The lowest BCUT2D eigenvalue weighted by Gasteiger charge is -2.29. The molecule has 3 N–H and O–H groups in total. The number of ether oxygens (including phenoxy) is 1. The molecule has 0 atom stereocenters. The number of pyridine rings is 1. The van der Waals surface area contributed by atoms with Crippen molar-refractivity contribution >= 4 is 29.1 Å². The molecule has 1 aliphatic heterocycles. The lowest BCUT2D eigenvalue weighted by Crippen LogP contribution is -2.30. The van der Waals surface area contributed by atoms with Crippen molar-refractivity contribution in [2.75, 3.05) is 49.3 Å². The number of hydrogen-bond donors (Lipinski definition) is 2. The molecule has 10 heteroatoms. The number of anilines is 3. The average molecular weight is 396 g/mol. The lowest BCUT2D eigenvalue weighted by atomic mass is 10.1. The zero-order chi connectivity index (χ0) is 21.5. The molecule has 2 rings (SSSR count). The molecule has 1 aromatic rings. The molecule has 1 aliphatic rings. The van der Waals surface area contributed by atoms with Gasteiger partial charge >= 0.3 is 11.8 Å². The van der Waals surface area contributed by atoms with Crippen molar-refractivity contribution in [3.05, 3.63) is 16.2 Å². The van der Waals surface area contributed by atoms with E-state index in [-0.39, 0.29) is 10.6 Å². The van der Waals surface area contributed by atoms with Crippen LogP contribution < -0.4 is 20.9 Å². The van der Waals surface area contributed by atoms with Crippen LogP contribution in [0, 0.1) is 10.1 Å². The standard InChI is InChI=1S/C13H21N5O2.C5H11NO2/c1-14-13-12(18(19)20)10(9-11(15-13)16(2)3)17-7-5-4-6-8-17;1-5(2,3)8-4(6)7/h9H,4-8H2,1-3H3,(H,14,15);1-3H3,(H2,6,7). The Kier molecular flexibility index (Phi) is 8.27. The second kappa shape index (κ2) is 9.95. The predicted octanol–water partition coefficient (Wildman–Crippen LogP) is 2.97. The molecule has 1 saturated heterocycles. The summed E-state index contributed by atoms with van der Waals surface area (Å²) >= 11 is 0. The van der Waals surface area contributed by atoms with Gasteiger partial charge in [0.2, 0.25) is 5.82 Å². The highest BCUT2D eigenvalue weighted by molar-refractivity contribution is 5.77. The van der Waals surface area contributed by atoms with Crippen LogP contribution >= 0.6 is 0 Å². The van der Waals surface area contributed by atoms with Crippen molar-refractivity contribution in [2.45, 2.75) is 45.6 Å². The van der Waals surface area contributed by atoms with Crippen molar-refractivity contribution in [1.82, 2.24) is 4.98 Å². The van der Waals surface area contributed by atoms with Gasteiger partial charge in [-0.2, -0.15) is 0 Å². The van der Waals surface area contributed by atoms with Gasteiger partial charge in [-0.1, -0.05) is 0 Å². The molecule has 1 fully saturated rings. The minimum Gasteiger partial charge on any atom is -0.444 e. The van der Waals surface area contributed by atoms with Gasteiger partial charge in [0.05, 0.1) is 4.92 Å². The fourth-order valence-electron chi connectivity index (χ4n) is 2.77. The number of nitrogens with zero attached hydrogens (tertiary/aromatic N) is 4. The number of carbonyl (C=O) groups is 1. The van der Waals surface area contributed by atoms with Gasteiger partial charge in [0, 0.05) is 40.3 Å². The molecule has 0 aromatic carbocycles. The van der Waals surface area contributed by atoms with E-state index >= 15 is 0 Å². The van der Waals surface area contributed by atoms with Crippen LogP contribution in [0.1, 0.15) is 40.0 Å². The molecule has 0 saturated carbocycles. The van der Waals surface area contributed by atoms with Gasteiger partial charge in [0.25, 0.3) is 0 Å². The molecule has 0 aliphatic carbocycles. The molecule has 2 heterocycles. The number of nitrogens with one attached hydrogen (secondary N) is 1. The highest BCUT2D eigenvalue weighted by atomic mass is 16.6. The highest BCUT2D eigenvalue weighted by Gasteiger charge is 2.27. The zero-order valence-electron chi connectivity index (χ0n) is 17.6. The molecule has 158 valence electrons. The summed E-state index contributed by atoms with van der Waals surface area (Å²) in [5.74, 6) is 1.04. The SMILES string of the molecule is CC(C)(C)OC(N)=O.CNc1nc(N(C)C)cc(N2CCCCC2)c1[N+](=O)[O-]. The third-order valence-electron chi connectivity index (χ3n) is 3.94. The van der Waals surface area contributed by atoms with Gasteiger partial charge in [-0.15, -0.1) is 0 Å². The Bertz CT molecular complexity index is 681. The Morgan fingerprint density at radius 1 is 1.32 bits per heavy atom. The van der Waals surface area contributed by atoms with E-state index < -0.39 is 11.7 Å². The Morgan fingerprint density at radius 3 is 2.25 bits per heavy atom. The minimum atomic E-state index is -0.725. The summed E-state index contributed by atoms with van der Waals surface area (Å²) in [5, 5.41) is 14.3. The number of amides is 1. The fraction of sp³-hybridized carbons (Fsp3) is 0.667. The van der Waals surface area contributed by atoms with Crippen molar-refractivity contribution in [3.8, 4) is 0 Å². The Hall–Kier alpha value is -2.78. The molecule has 28 heavy (non-hydrogen) atoms. The summed E-state index contributed by atoms with van der Waals surface area (Å²) in [4.78, 5) is 29.3. The zero-order valence-corrected chi connectivity index (χ0v) is 17.6. The van der Waals surface area contributed by atoms with Gasteiger partial charge < -0.3 is 25.6 Å². The van der Waals surface area contributed by atoms with E-state index in [1.165, 1.54) is 6.42 Å². The van der Waals surface area contributed by atoms with E-state index in [0.717, 1.165) is 31.7 Å². The Morgan fingerprint density at radius 2 is 1.89 bits per heavy atom. The number of primary amides is 1. The molecular formula is C18H32N6O4. The van der Waals surface area contributed by atoms with Crippen molar-refractivity contribution in [3.63, 3.8) is 0 Å². The summed E-state index contributed by atoms with van der Waals surface area (Å²) in [6.45, 7) is 7.01. The third kappa shape index (κ3) is 7.09. The largest absolute Gasteiger partial charge is 0.444 e. The van der Waals surface area contributed by atoms with Crippen LogP contribution in [0.2, 0.25) is 0 Å². The van der Waals surface area contributed by atoms with Crippen LogP contribution in [0.4, 0.5) is 27.8 Å². The van der Waals surface area contributed by atoms with Gasteiger partial charge in [-0.3, -0.25) is 10.1 Å². The third-order valence-corrected chi connectivity index (χ3v) is 3.94. The molecule has 0 bridgehead atoms. The van der Waals surface area contributed by atoms with E-state index in [1.54, 1.807) is 27.8 Å². The van der Waals surface area contributed by atoms with Gasteiger partial charge in [-0.05, 0) is 40.0 Å². The predicted molar refractivity (Wildman–Crippen MR) is 111 cm³/mol. The number of aromatic nitrogens is 1. The summed E-state index contributed by atoms with van der Waals surface area (Å²) in [6.07, 6.45) is 2.61. The highest BCUT2D eigenvalue weighted by Crippen LogP contribution is 2.38. The van der Waals surface area contributed by atoms with Crippen LogP contribution in [0.3, 0.4) is 0 Å². The Balaban J connectivity index is 0.000000416. The Labute approximate surface area is 166 Å². The maximum atomic E-state index is 11.4. The second-order valence-electron chi connectivity index (χ2n) is 7.68. The normalized spacial score (nSPS) is 13.9. The molecule has 0 radical (unpaired) electrons. The van der Waals surface area contributed by atoms with Crippen LogP contribution in [0.15, 0.2) is 6.07 Å². The molecule has 0 spiro atoms. The van der Waals surface area contributed by atoms with Crippen molar-refractivity contribution < 1.29 is 14.5 Å². The monoisotopic (exact) mass is 396 g/mol. The number of hydrogen-bond acceptors (Lipinski definition) is 8. The second-order valence-corrected chi connectivity index (χ2v) is 7.68. The van der Waals surface area contributed by atoms with Gasteiger partial charge in [0.15, 0.2) is 0 Å². The number of rotatable bonds is 4. The first kappa shape index (κ1) is 23.3. The first-order chi connectivity index (χ1) is 13.0. The number of piperidine rings is 1. The van der Waals surface area contributed by atoms with Gasteiger partial charge in [0.1, 0.15) is 17.1 Å². The van der Waals surface area contributed by atoms with Gasteiger partial charge in [-0.25, -0.2) is 9.78 Å². The molecule has 1 aromatic heterocycles. The first-order valence-electron chi connectivity index (χ1n) is 9.24. The average Bonchev–Trinajstić information content (AvgIpc) is 2.59. The first-order valence-corrected chi connectivity index (χ1v) is 9.24. The van der Waals surface area contributed by atoms with Crippen LogP contribution in [-0.2, 0) is 4.74 Å². The lowest BCUT2D eigenvalue weighted by molar-refractivity contribution is -0.383. The van der Waals surface area contributed by atoms with E-state index in [1.807, 2.05) is 25.1 Å². The summed E-state index contributed by atoms with van der Waals surface area (Å²) in [7, 11) is 5.43. The molecule has 0 unspecified atom stereocenters. The topological polar surface area (TPSA) is 127 Å². The number of carbonyl (C=O) groups excluding carboxylic acids is 1. The maximum absolute atomic E-state index is 11.4. The fourth-order valence-corrected chi connectivity index (χ4v) is 2.77. The molecule has 1 amide bonds. The van der Waals surface area contributed by atoms with Crippen molar-refractivity contribution in [2.24, 2.45) is 5.73 Å². The molecular weight excluding hydrogens is 364 g/mol. The maximum Gasteiger partial charge on any atom is 0.405 e. The minimum absolute atomic E-state index is 0.0694. The van der Waals surface area contributed by atoms with Crippen LogP contribution in [0.25, 0.3) is 0 Å². The van der Waals surface area contributed by atoms with Crippen LogP contribution in [-0.4, -0.2) is 55.8 Å². The van der Waals surface area contributed by atoms with Crippen LogP contribution in [0.5, 0.6) is 0 Å².